The van der Waals surface area contributed by atoms with Gasteiger partial charge >= 0.3 is 5.97 Å². The van der Waals surface area contributed by atoms with Crippen molar-refractivity contribution in [1.82, 2.24) is 24.5 Å². The minimum Gasteiger partial charge on any atom is -0.402 e. The first-order valence-electron chi connectivity index (χ1n) is 16.2. The van der Waals surface area contributed by atoms with E-state index in [0.717, 1.165) is 47.0 Å². The third kappa shape index (κ3) is 5.26. The average molecular weight is 632 g/mol. The number of fused-ring (bicyclic) bond motifs is 1. The smallest absolute Gasteiger partial charge is 0.344 e. The van der Waals surface area contributed by atoms with Crippen LogP contribution in [0.5, 0.6) is 5.88 Å². The van der Waals surface area contributed by atoms with E-state index >= 15 is 0 Å². The van der Waals surface area contributed by atoms with Gasteiger partial charge in [-0.25, -0.2) is 19.1 Å². The highest BCUT2D eigenvalue weighted by atomic mass is 16.5. The number of carbonyl (C=O) groups is 1. The van der Waals surface area contributed by atoms with Crippen LogP contribution in [-0.2, 0) is 10.3 Å². The third-order valence-electron chi connectivity index (χ3n) is 8.97. The average Bonchev–Trinajstić information content (AvgIpc) is 3.80. The summed E-state index contributed by atoms with van der Waals surface area (Å²) in [6.45, 7) is 0.663. The zero-order valence-corrected chi connectivity index (χ0v) is 26.2. The lowest BCUT2D eigenvalue weighted by atomic mass is 9.77. The Hall–Kier alpha value is -5.86. The molecular formula is C40H33N5O3. The fraction of sp³-hybridized carbons (Fsp3) is 0.150. The second-order valence-corrected chi connectivity index (χ2v) is 11.9. The zero-order valence-electron chi connectivity index (χ0n) is 26.2. The molecule has 48 heavy (non-hydrogen) atoms. The highest BCUT2D eigenvalue weighted by Crippen LogP contribution is 2.41. The van der Waals surface area contributed by atoms with Crippen LogP contribution in [0, 0.1) is 0 Å². The van der Waals surface area contributed by atoms with Crippen molar-refractivity contribution in [3.8, 4) is 17.3 Å². The molecule has 0 aliphatic carbocycles. The molecule has 3 heterocycles. The number of rotatable bonds is 8. The van der Waals surface area contributed by atoms with E-state index in [4.69, 9.17) is 24.7 Å². The van der Waals surface area contributed by atoms with Crippen LogP contribution in [0.4, 0.5) is 0 Å². The second kappa shape index (κ2) is 12.7. The summed E-state index contributed by atoms with van der Waals surface area (Å²) in [4.78, 5) is 18.0. The van der Waals surface area contributed by atoms with Gasteiger partial charge in [-0.15, -0.1) is 10.2 Å². The van der Waals surface area contributed by atoms with Gasteiger partial charge in [0, 0.05) is 12.2 Å². The third-order valence-corrected chi connectivity index (χ3v) is 8.97. The lowest BCUT2D eigenvalue weighted by Gasteiger charge is -2.35. The molecule has 7 aromatic rings. The molecule has 5 aromatic carbocycles. The fourth-order valence-corrected chi connectivity index (χ4v) is 6.68. The van der Waals surface area contributed by atoms with Gasteiger partial charge in [0.2, 0.25) is 5.88 Å². The van der Waals surface area contributed by atoms with Crippen molar-refractivity contribution in [2.24, 2.45) is 0 Å². The molecule has 236 valence electrons. The van der Waals surface area contributed by atoms with Crippen molar-refractivity contribution in [3.63, 3.8) is 0 Å². The normalized spacial score (nSPS) is 15.0. The number of esters is 1. The van der Waals surface area contributed by atoms with Gasteiger partial charge in [-0.1, -0.05) is 109 Å². The van der Waals surface area contributed by atoms with Gasteiger partial charge in [0.25, 0.3) is 0 Å². The lowest BCUT2D eigenvalue weighted by Crippen LogP contribution is -2.38. The maximum atomic E-state index is 13.2. The number of hydrogen-bond acceptors (Lipinski definition) is 6. The van der Waals surface area contributed by atoms with Gasteiger partial charge in [0.05, 0.1) is 16.5 Å². The van der Waals surface area contributed by atoms with Gasteiger partial charge in [-0.3, -0.25) is 0 Å². The van der Waals surface area contributed by atoms with Crippen LogP contribution in [0.2, 0.25) is 0 Å². The second-order valence-electron chi connectivity index (χ2n) is 11.9. The van der Waals surface area contributed by atoms with Crippen molar-refractivity contribution in [3.05, 3.63) is 168 Å². The largest absolute Gasteiger partial charge is 0.402 e. The Bertz CT molecular complexity index is 2060. The Labute approximate surface area is 278 Å². The van der Waals surface area contributed by atoms with Crippen molar-refractivity contribution >= 4 is 16.9 Å². The highest BCUT2D eigenvalue weighted by Gasteiger charge is 2.39. The standard InChI is InChI=1S/C40H33N5O3/c46-39(29-15-5-1-6-16-29)48-38-34-27-30(24-25-35(34)45(43-38)36-23-13-14-26-47-36)37-41-28-44(42-37)40(31-17-7-2-8-18-31,32-19-9-3-10-20-32)33-21-11-4-12-22-33/h1-12,15-22,24-25,27-28,36H,13-14,23,26H2. The molecule has 8 heteroatoms. The summed E-state index contributed by atoms with van der Waals surface area (Å²) in [5.41, 5.74) is 4.40. The van der Waals surface area contributed by atoms with E-state index in [0.29, 0.717) is 23.4 Å². The Morgan fingerprint density at radius 2 is 1.33 bits per heavy atom. The summed E-state index contributed by atoms with van der Waals surface area (Å²) in [5.74, 6) is 0.283. The minimum absolute atomic E-state index is 0.224. The quantitative estimate of drug-likeness (QED) is 0.125. The lowest BCUT2D eigenvalue weighted by molar-refractivity contribution is -0.0371. The Morgan fingerprint density at radius 1 is 0.729 bits per heavy atom. The van der Waals surface area contributed by atoms with Crippen molar-refractivity contribution < 1.29 is 14.3 Å². The van der Waals surface area contributed by atoms with Crippen LogP contribution in [0.15, 0.2) is 146 Å². The number of aromatic nitrogens is 5. The number of carbonyl (C=O) groups excluding carboxylic acids is 1. The summed E-state index contributed by atoms with van der Waals surface area (Å²) in [6.07, 6.45) is 4.44. The predicted octanol–water partition coefficient (Wildman–Crippen LogP) is 8.05. The Kier molecular flexibility index (Phi) is 7.84. The van der Waals surface area contributed by atoms with Gasteiger partial charge < -0.3 is 9.47 Å². The molecule has 1 fully saturated rings. The van der Waals surface area contributed by atoms with Crippen LogP contribution in [0.3, 0.4) is 0 Å². The summed E-state index contributed by atoms with van der Waals surface area (Å²) in [5, 5.41) is 10.6. The van der Waals surface area contributed by atoms with Crippen molar-refractivity contribution in [2.75, 3.05) is 6.61 Å². The number of ether oxygens (including phenoxy) is 2. The molecule has 1 atom stereocenters. The molecule has 0 radical (unpaired) electrons. The summed E-state index contributed by atoms with van der Waals surface area (Å²) < 4.78 is 15.8. The van der Waals surface area contributed by atoms with Gasteiger partial charge in [0.1, 0.15) is 11.9 Å². The molecule has 8 rings (SSSR count). The molecule has 8 nitrogen and oxygen atoms in total. The molecule has 1 unspecified atom stereocenters. The maximum absolute atomic E-state index is 13.2. The fourth-order valence-electron chi connectivity index (χ4n) is 6.68. The van der Waals surface area contributed by atoms with Crippen LogP contribution < -0.4 is 4.74 Å². The molecule has 0 amide bonds. The predicted molar refractivity (Wildman–Crippen MR) is 184 cm³/mol. The van der Waals surface area contributed by atoms with E-state index in [-0.39, 0.29) is 12.1 Å². The van der Waals surface area contributed by atoms with Gasteiger partial charge in [-0.05, 0) is 66.3 Å². The first-order chi connectivity index (χ1) is 23.7. The number of benzene rings is 5. The van der Waals surface area contributed by atoms with Crippen LogP contribution in [-0.4, -0.2) is 37.1 Å². The Morgan fingerprint density at radius 3 is 1.92 bits per heavy atom. The molecule has 0 spiro atoms. The van der Waals surface area contributed by atoms with Crippen LogP contribution in [0.1, 0.15) is 52.5 Å². The van der Waals surface area contributed by atoms with Gasteiger partial charge in [0.15, 0.2) is 12.1 Å². The van der Waals surface area contributed by atoms with Gasteiger partial charge in [-0.2, -0.15) is 0 Å². The van der Waals surface area contributed by atoms with E-state index in [9.17, 15) is 4.79 Å². The molecule has 1 aliphatic rings. The monoisotopic (exact) mass is 631 g/mol. The zero-order chi connectivity index (χ0) is 32.3. The van der Waals surface area contributed by atoms with E-state index in [1.54, 1.807) is 18.5 Å². The molecule has 0 N–H and O–H groups in total. The first kappa shape index (κ1) is 29.5. The summed E-state index contributed by atoms with van der Waals surface area (Å²) in [6, 6.07) is 46.0. The van der Waals surface area contributed by atoms with E-state index in [1.165, 1.54) is 0 Å². The highest BCUT2D eigenvalue weighted by molar-refractivity contribution is 5.95. The Balaban J connectivity index is 1.26. The molecule has 0 bridgehead atoms. The molecule has 1 saturated heterocycles. The molecular weight excluding hydrogens is 598 g/mol. The molecule has 1 aliphatic heterocycles. The van der Waals surface area contributed by atoms with Crippen molar-refractivity contribution in [1.29, 1.82) is 0 Å². The number of hydrogen-bond donors (Lipinski definition) is 0. The van der Waals surface area contributed by atoms with E-state index < -0.39 is 11.5 Å². The van der Waals surface area contributed by atoms with E-state index in [1.807, 2.05) is 100 Å². The summed E-state index contributed by atoms with van der Waals surface area (Å²) in [7, 11) is 0. The minimum atomic E-state index is -0.793. The topological polar surface area (TPSA) is 84.1 Å². The molecule has 2 aromatic heterocycles. The first-order valence-corrected chi connectivity index (χ1v) is 16.2. The van der Waals surface area contributed by atoms with Crippen molar-refractivity contribution in [2.45, 2.75) is 31.0 Å². The maximum Gasteiger partial charge on any atom is 0.344 e. The molecule has 0 saturated carbocycles. The summed E-state index contributed by atoms with van der Waals surface area (Å²) >= 11 is 0. The van der Waals surface area contributed by atoms with Crippen LogP contribution >= 0.6 is 0 Å². The SMILES string of the molecule is O=C(Oc1nn(C2CCCCO2)c2ccc(-c3ncn(C(c4ccccc4)(c4ccccc4)c4ccccc4)n3)cc12)c1ccccc1. The van der Waals surface area contributed by atoms with Crippen LogP contribution in [0.25, 0.3) is 22.3 Å². The van der Waals surface area contributed by atoms with E-state index in [2.05, 4.69) is 36.4 Å². The number of nitrogens with zero attached hydrogens (tertiary/aromatic N) is 5.